The van der Waals surface area contributed by atoms with Gasteiger partial charge in [-0.3, -0.25) is 9.59 Å². The Hall–Kier alpha value is -2.19. The molecule has 3 N–H and O–H groups in total. The molecule has 8 nitrogen and oxygen atoms in total. The van der Waals surface area contributed by atoms with Crippen LogP contribution in [0.2, 0.25) is 0 Å². The summed E-state index contributed by atoms with van der Waals surface area (Å²) in [5.74, 6) is 0.831. The molecule has 1 aromatic rings. The van der Waals surface area contributed by atoms with E-state index in [1.165, 1.54) is 21.3 Å². The molecule has 2 amide bonds. The number of hydrogen-bond donors (Lipinski definition) is 2. The van der Waals surface area contributed by atoms with Crippen LogP contribution in [0.15, 0.2) is 12.1 Å². The minimum absolute atomic E-state index is 0. The van der Waals surface area contributed by atoms with Crippen molar-refractivity contribution in [2.75, 3.05) is 47.5 Å². The highest BCUT2D eigenvalue weighted by Gasteiger charge is 2.29. The Morgan fingerprint density at radius 3 is 2.33 bits per heavy atom. The summed E-state index contributed by atoms with van der Waals surface area (Å²) in [5.41, 5.74) is 5.86. The second-order valence-corrected chi connectivity index (χ2v) is 6.08. The highest BCUT2D eigenvalue weighted by molar-refractivity contribution is 5.96. The number of nitrogens with zero attached hydrogens (tertiary/aromatic N) is 1. The average Bonchev–Trinajstić information content (AvgIpc) is 2.70. The summed E-state index contributed by atoms with van der Waals surface area (Å²) in [6, 6.07) is 3.25. The van der Waals surface area contributed by atoms with E-state index in [1.807, 2.05) is 0 Å². The maximum atomic E-state index is 12.9. The standard InChI is InChI=1S/C18H27N3O5.ClH/c1-24-14-9-13(10-15(25-2)16(14)26-3)18(23)21-8-4-5-12(11-21)17(22)20-7-6-19;/h9-10,12H,4-8,11,19H2,1-3H3,(H,20,22);1H. The molecule has 1 heterocycles. The van der Waals surface area contributed by atoms with Gasteiger partial charge in [-0.05, 0) is 25.0 Å². The van der Waals surface area contributed by atoms with Crippen LogP contribution in [0.25, 0.3) is 0 Å². The summed E-state index contributed by atoms with van der Waals surface area (Å²) in [5, 5.41) is 2.79. The molecule has 0 spiro atoms. The molecule has 1 aliphatic rings. The van der Waals surface area contributed by atoms with Crippen LogP contribution >= 0.6 is 12.4 Å². The first-order valence-corrected chi connectivity index (χ1v) is 8.62. The van der Waals surface area contributed by atoms with E-state index in [0.29, 0.717) is 49.0 Å². The predicted octanol–water partition coefficient (Wildman–Crippen LogP) is 1.06. The number of likely N-dealkylation sites (tertiary alicyclic amines) is 1. The number of piperidine rings is 1. The van der Waals surface area contributed by atoms with E-state index in [1.54, 1.807) is 17.0 Å². The highest BCUT2D eigenvalue weighted by atomic mass is 35.5. The van der Waals surface area contributed by atoms with Crippen LogP contribution in [0.5, 0.6) is 17.2 Å². The van der Waals surface area contributed by atoms with Gasteiger partial charge in [0.15, 0.2) is 11.5 Å². The zero-order chi connectivity index (χ0) is 19.1. The van der Waals surface area contributed by atoms with Crippen molar-refractivity contribution in [2.24, 2.45) is 11.7 Å². The zero-order valence-electron chi connectivity index (χ0n) is 15.9. The quantitative estimate of drug-likeness (QED) is 0.708. The van der Waals surface area contributed by atoms with Crippen molar-refractivity contribution in [2.45, 2.75) is 12.8 Å². The second kappa shape index (κ2) is 10.8. The van der Waals surface area contributed by atoms with Gasteiger partial charge in [-0.1, -0.05) is 0 Å². The molecule has 152 valence electrons. The van der Waals surface area contributed by atoms with Gasteiger partial charge in [-0.15, -0.1) is 12.4 Å². The van der Waals surface area contributed by atoms with Crippen LogP contribution in [0.4, 0.5) is 0 Å². The predicted molar refractivity (Wildman–Crippen MR) is 104 cm³/mol. The Morgan fingerprint density at radius 2 is 1.81 bits per heavy atom. The molecule has 27 heavy (non-hydrogen) atoms. The van der Waals surface area contributed by atoms with Crippen molar-refractivity contribution in [1.82, 2.24) is 10.2 Å². The van der Waals surface area contributed by atoms with Crippen LogP contribution in [0.3, 0.4) is 0 Å². The summed E-state index contributed by atoms with van der Waals surface area (Å²) in [6.07, 6.45) is 1.53. The number of hydrogen-bond acceptors (Lipinski definition) is 6. The first kappa shape index (κ1) is 22.9. The van der Waals surface area contributed by atoms with Gasteiger partial charge < -0.3 is 30.2 Å². The molecule has 1 unspecified atom stereocenters. The number of benzene rings is 1. The molecule has 2 rings (SSSR count). The molecule has 1 aliphatic heterocycles. The minimum Gasteiger partial charge on any atom is -0.493 e. The molecule has 1 atom stereocenters. The van der Waals surface area contributed by atoms with E-state index in [-0.39, 0.29) is 30.1 Å². The lowest BCUT2D eigenvalue weighted by Crippen LogP contribution is -2.46. The average molecular weight is 402 g/mol. The molecular weight excluding hydrogens is 374 g/mol. The number of amides is 2. The molecule has 0 aliphatic carbocycles. The number of nitrogens with one attached hydrogen (secondary N) is 1. The fourth-order valence-electron chi connectivity index (χ4n) is 3.10. The van der Waals surface area contributed by atoms with Crippen LogP contribution in [0, 0.1) is 5.92 Å². The van der Waals surface area contributed by atoms with Crippen LogP contribution in [0.1, 0.15) is 23.2 Å². The molecule has 0 saturated carbocycles. The van der Waals surface area contributed by atoms with Crippen molar-refractivity contribution in [3.05, 3.63) is 17.7 Å². The SMILES string of the molecule is COc1cc(C(=O)N2CCCC(C(=O)NCCN)C2)cc(OC)c1OC.Cl. The van der Waals surface area contributed by atoms with Gasteiger partial charge in [0, 0.05) is 31.7 Å². The van der Waals surface area contributed by atoms with Gasteiger partial charge in [-0.2, -0.15) is 0 Å². The normalized spacial score (nSPS) is 16.1. The van der Waals surface area contributed by atoms with Crippen LogP contribution in [-0.2, 0) is 4.79 Å². The van der Waals surface area contributed by atoms with Gasteiger partial charge in [0.1, 0.15) is 0 Å². The van der Waals surface area contributed by atoms with E-state index in [4.69, 9.17) is 19.9 Å². The molecule has 1 fully saturated rings. The summed E-state index contributed by atoms with van der Waals surface area (Å²) >= 11 is 0. The molecule has 1 aromatic carbocycles. The Bertz CT molecular complexity index is 631. The zero-order valence-corrected chi connectivity index (χ0v) is 16.8. The number of halogens is 1. The molecular formula is C18H28ClN3O5. The van der Waals surface area contributed by atoms with Gasteiger partial charge in [0.2, 0.25) is 11.7 Å². The van der Waals surface area contributed by atoms with Crippen molar-refractivity contribution in [3.8, 4) is 17.2 Å². The number of rotatable bonds is 7. The Balaban J connectivity index is 0.00000364. The van der Waals surface area contributed by atoms with Gasteiger partial charge >= 0.3 is 0 Å². The van der Waals surface area contributed by atoms with Crippen molar-refractivity contribution < 1.29 is 23.8 Å². The molecule has 0 bridgehead atoms. The van der Waals surface area contributed by atoms with Crippen molar-refractivity contribution >= 4 is 24.2 Å². The lowest BCUT2D eigenvalue weighted by atomic mass is 9.96. The number of carbonyl (C=O) groups is 2. The summed E-state index contributed by atoms with van der Waals surface area (Å²) in [4.78, 5) is 26.8. The van der Waals surface area contributed by atoms with Gasteiger partial charge in [0.25, 0.3) is 5.91 Å². The highest BCUT2D eigenvalue weighted by Crippen LogP contribution is 2.38. The lowest BCUT2D eigenvalue weighted by Gasteiger charge is -2.32. The first-order valence-electron chi connectivity index (χ1n) is 8.62. The summed E-state index contributed by atoms with van der Waals surface area (Å²) in [7, 11) is 4.52. The topological polar surface area (TPSA) is 103 Å². The van der Waals surface area contributed by atoms with Crippen LogP contribution in [-0.4, -0.2) is 64.2 Å². The smallest absolute Gasteiger partial charge is 0.254 e. The van der Waals surface area contributed by atoms with Crippen molar-refractivity contribution in [3.63, 3.8) is 0 Å². The fraction of sp³-hybridized carbons (Fsp3) is 0.556. The fourth-order valence-corrected chi connectivity index (χ4v) is 3.10. The molecule has 9 heteroatoms. The van der Waals surface area contributed by atoms with E-state index in [2.05, 4.69) is 5.32 Å². The minimum atomic E-state index is -0.221. The Morgan fingerprint density at radius 1 is 1.19 bits per heavy atom. The number of ether oxygens (including phenoxy) is 3. The van der Waals surface area contributed by atoms with Crippen LogP contribution < -0.4 is 25.3 Å². The first-order chi connectivity index (χ1) is 12.5. The van der Waals surface area contributed by atoms with E-state index < -0.39 is 0 Å². The molecule has 0 radical (unpaired) electrons. The van der Waals surface area contributed by atoms with Gasteiger partial charge in [0.05, 0.1) is 27.2 Å². The maximum Gasteiger partial charge on any atom is 0.254 e. The third-order valence-electron chi connectivity index (χ3n) is 4.43. The molecule has 1 saturated heterocycles. The third kappa shape index (κ3) is 5.40. The third-order valence-corrected chi connectivity index (χ3v) is 4.43. The van der Waals surface area contributed by atoms with E-state index in [0.717, 1.165) is 12.8 Å². The Kier molecular flexibility index (Phi) is 9.17. The lowest BCUT2D eigenvalue weighted by molar-refractivity contribution is -0.126. The number of methoxy groups -OCH3 is 3. The van der Waals surface area contributed by atoms with E-state index >= 15 is 0 Å². The number of nitrogens with two attached hydrogens (primary N) is 1. The van der Waals surface area contributed by atoms with E-state index in [9.17, 15) is 9.59 Å². The monoisotopic (exact) mass is 401 g/mol. The Labute approximate surface area is 165 Å². The largest absolute Gasteiger partial charge is 0.493 e. The second-order valence-electron chi connectivity index (χ2n) is 6.08. The van der Waals surface area contributed by atoms with Crippen molar-refractivity contribution in [1.29, 1.82) is 0 Å². The van der Waals surface area contributed by atoms with Gasteiger partial charge in [-0.25, -0.2) is 0 Å². The summed E-state index contributed by atoms with van der Waals surface area (Å²) < 4.78 is 15.9. The summed E-state index contributed by atoms with van der Waals surface area (Å²) in [6.45, 7) is 1.82. The maximum absolute atomic E-state index is 12.9. The number of carbonyl (C=O) groups excluding carboxylic acids is 2. The molecule has 0 aromatic heterocycles.